The second-order valence-electron chi connectivity index (χ2n) is 4.55. The molecule has 1 amide bonds. The van der Waals surface area contributed by atoms with Gasteiger partial charge in [0.2, 0.25) is 5.91 Å². The minimum Gasteiger partial charge on any atom is -0.481 e. The number of hydrogen-bond acceptors (Lipinski definition) is 2. The van der Waals surface area contributed by atoms with Gasteiger partial charge in [-0.05, 0) is 18.8 Å². The third-order valence-corrected chi connectivity index (χ3v) is 3.59. The Hall–Kier alpha value is -1.06. The van der Waals surface area contributed by atoms with Crippen molar-refractivity contribution in [3.8, 4) is 0 Å². The molecule has 4 heteroatoms. The summed E-state index contributed by atoms with van der Waals surface area (Å²) in [5.41, 5.74) is 0. The summed E-state index contributed by atoms with van der Waals surface area (Å²) in [7, 11) is 0. The van der Waals surface area contributed by atoms with Gasteiger partial charge < -0.3 is 10.0 Å². The lowest BCUT2D eigenvalue weighted by Crippen LogP contribution is -2.38. The van der Waals surface area contributed by atoms with E-state index in [1.807, 2.05) is 0 Å². The van der Waals surface area contributed by atoms with E-state index in [2.05, 4.69) is 0 Å². The number of amides is 1. The Labute approximate surface area is 89.3 Å². The molecule has 1 saturated carbocycles. The molecular weight excluding hydrogens is 194 g/mol. The van der Waals surface area contributed by atoms with Crippen LogP contribution in [0, 0.1) is 5.92 Å². The number of likely N-dealkylation sites (tertiary alicyclic amines) is 1. The van der Waals surface area contributed by atoms with E-state index in [4.69, 9.17) is 5.11 Å². The monoisotopic (exact) mass is 211 g/mol. The van der Waals surface area contributed by atoms with E-state index in [0.717, 1.165) is 12.8 Å². The quantitative estimate of drug-likeness (QED) is 0.764. The molecule has 0 aromatic heterocycles. The van der Waals surface area contributed by atoms with Crippen LogP contribution >= 0.6 is 0 Å². The smallest absolute Gasteiger partial charge is 0.305 e. The molecular formula is C11H17NO3. The molecule has 2 unspecified atom stereocenters. The van der Waals surface area contributed by atoms with Gasteiger partial charge in [-0.25, -0.2) is 0 Å². The maximum absolute atomic E-state index is 11.7. The maximum atomic E-state index is 11.7. The first-order valence-electron chi connectivity index (χ1n) is 5.70. The minimum absolute atomic E-state index is 0.0783. The molecule has 1 aliphatic heterocycles. The zero-order valence-corrected chi connectivity index (χ0v) is 8.82. The first-order valence-corrected chi connectivity index (χ1v) is 5.70. The fourth-order valence-corrected chi connectivity index (χ4v) is 2.87. The first kappa shape index (κ1) is 10.5. The number of carbonyl (C=O) groups is 2. The lowest BCUT2D eigenvalue weighted by Gasteiger charge is -2.31. The zero-order chi connectivity index (χ0) is 10.8. The molecule has 2 atom stereocenters. The van der Waals surface area contributed by atoms with Crippen molar-refractivity contribution in [3.63, 3.8) is 0 Å². The van der Waals surface area contributed by atoms with Crippen molar-refractivity contribution in [2.75, 3.05) is 6.54 Å². The third kappa shape index (κ3) is 2.13. The average molecular weight is 211 g/mol. The molecule has 0 aromatic carbocycles. The molecule has 15 heavy (non-hydrogen) atoms. The Kier molecular flexibility index (Phi) is 2.93. The number of nitrogens with zero attached hydrogens (tertiary/aromatic N) is 1. The van der Waals surface area contributed by atoms with E-state index in [1.165, 1.54) is 12.8 Å². The van der Waals surface area contributed by atoms with Crippen molar-refractivity contribution in [1.29, 1.82) is 0 Å². The molecule has 0 bridgehead atoms. The third-order valence-electron chi connectivity index (χ3n) is 3.59. The molecule has 0 aromatic rings. The summed E-state index contributed by atoms with van der Waals surface area (Å²) < 4.78 is 0. The van der Waals surface area contributed by atoms with E-state index < -0.39 is 5.97 Å². The van der Waals surface area contributed by atoms with Crippen LogP contribution in [0.15, 0.2) is 0 Å². The number of carboxylic acids is 1. The highest BCUT2D eigenvalue weighted by atomic mass is 16.4. The highest BCUT2D eigenvalue weighted by Crippen LogP contribution is 2.36. The molecule has 2 fully saturated rings. The van der Waals surface area contributed by atoms with E-state index in [-0.39, 0.29) is 12.3 Å². The summed E-state index contributed by atoms with van der Waals surface area (Å²) in [5, 5.41) is 8.62. The van der Waals surface area contributed by atoms with Crippen molar-refractivity contribution in [2.45, 2.75) is 44.6 Å². The highest BCUT2D eigenvalue weighted by molar-refractivity contribution is 5.80. The molecule has 2 aliphatic rings. The van der Waals surface area contributed by atoms with Gasteiger partial charge in [-0.2, -0.15) is 0 Å². The van der Waals surface area contributed by atoms with E-state index in [9.17, 15) is 9.59 Å². The van der Waals surface area contributed by atoms with Crippen LogP contribution in [-0.2, 0) is 9.59 Å². The second kappa shape index (κ2) is 4.21. The number of rotatable bonds is 3. The lowest BCUT2D eigenvalue weighted by atomic mass is 9.85. The van der Waals surface area contributed by atoms with Crippen LogP contribution < -0.4 is 0 Å². The van der Waals surface area contributed by atoms with Crippen molar-refractivity contribution in [2.24, 2.45) is 5.92 Å². The minimum atomic E-state index is -0.818. The van der Waals surface area contributed by atoms with Crippen LogP contribution in [0.2, 0.25) is 0 Å². The lowest BCUT2D eigenvalue weighted by molar-refractivity contribution is -0.138. The van der Waals surface area contributed by atoms with Crippen LogP contribution in [0.25, 0.3) is 0 Å². The average Bonchev–Trinajstić information content (AvgIpc) is 2.50. The Morgan fingerprint density at radius 1 is 1.40 bits per heavy atom. The van der Waals surface area contributed by atoms with Gasteiger partial charge in [0.25, 0.3) is 0 Å². The fourth-order valence-electron chi connectivity index (χ4n) is 2.87. The predicted molar refractivity (Wildman–Crippen MR) is 54.3 cm³/mol. The van der Waals surface area contributed by atoms with Crippen molar-refractivity contribution >= 4 is 11.9 Å². The van der Waals surface area contributed by atoms with Crippen molar-refractivity contribution < 1.29 is 14.7 Å². The molecule has 2 rings (SSSR count). The molecule has 4 nitrogen and oxygen atoms in total. The molecule has 1 aliphatic carbocycles. The maximum Gasteiger partial charge on any atom is 0.305 e. The van der Waals surface area contributed by atoms with Crippen LogP contribution in [0.4, 0.5) is 0 Å². The Morgan fingerprint density at radius 3 is 2.87 bits per heavy atom. The van der Waals surface area contributed by atoms with Gasteiger partial charge in [0.1, 0.15) is 0 Å². The van der Waals surface area contributed by atoms with Crippen LogP contribution in [-0.4, -0.2) is 34.5 Å². The van der Waals surface area contributed by atoms with Crippen LogP contribution in [0.5, 0.6) is 0 Å². The summed E-state index contributed by atoms with van der Waals surface area (Å²) in [6.07, 6.45) is 5.33. The van der Waals surface area contributed by atoms with Crippen LogP contribution in [0.1, 0.15) is 38.5 Å². The van der Waals surface area contributed by atoms with Gasteiger partial charge in [-0.15, -0.1) is 0 Å². The largest absolute Gasteiger partial charge is 0.481 e. The van der Waals surface area contributed by atoms with E-state index >= 15 is 0 Å². The number of carboxylic acid groups (broad SMARTS) is 1. The van der Waals surface area contributed by atoms with Gasteiger partial charge in [0.05, 0.1) is 6.42 Å². The summed E-state index contributed by atoms with van der Waals surface area (Å²) in [6.45, 7) is 0.398. The van der Waals surface area contributed by atoms with Crippen molar-refractivity contribution in [3.05, 3.63) is 0 Å². The van der Waals surface area contributed by atoms with E-state index in [0.29, 0.717) is 24.9 Å². The zero-order valence-electron chi connectivity index (χ0n) is 8.82. The fraction of sp³-hybridized carbons (Fsp3) is 0.818. The Balaban J connectivity index is 1.97. The molecule has 1 N–H and O–H groups in total. The van der Waals surface area contributed by atoms with Gasteiger partial charge in [-0.1, -0.05) is 12.8 Å². The molecule has 0 spiro atoms. The molecule has 1 heterocycles. The predicted octanol–water partition coefficient (Wildman–Crippen LogP) is 1.25. The molecule has 84 valence electrons. The van der Waals surface area contributed by atoms with Gasteiger partial charge in [0, 0.05) is 19.0 Å². The highest BCUT2D eigenvalue weighted by Gasteiger charge is 2.40. The normalized spacial score (nSPS) is 30.4. The molecule has 1 saturated heterocycles. The first-order chi connectivity index (χ1) is 7.18. The number of aliphatic carboxylic acids is 1. The topological polar surface area (TPSA) is 57.6 Å². The van der Waals surface area contributed by atoms with Gasteiger partial charge in [0.15, 0.2) is 0 Å². The summed E-state index contributed by atoms with van der Waals surface area (Å²) >= 11 is 0. The standard InChI is InChI=1S/C11H17NO3/c13-10-7-8-3-1-2-4-9(8)12(10)6-5-11(14)15/h8-9H,1-7H2,(H,14,15). The second-order valence-corrected chi connectivity index (χ2v) is 4.55. The number of hydrogen-bond donors (Lipinski definition) is 1. The molecule has 0 radical (unpaired) electrons. The van der Waals surface area contributed by atoms with Gasteiger partial charge >= 0.3 is 5.97 Å². The van der Waals surface area contributed by atoms with Gasteiger partial charge in [-0.3, -0.25) is 9.59 Å². The number of carbonyl (C=O) groups excluding carboxylic acids is 1. The SMILES string of the molecule is O=C(O)CCN1C(=O)CC2CCCCC21. The number of fused-ring (bicyclic) bond motifs is 1. The Bertz CT molecular complexity index is 277. The summed E-state index contributed by atoms with van der Waals surface area (Å²) in [5.74, 6) is -0.157. The van der Waals surface area contributed by atoms with Crippen LogP contribution in [0.3, 0.4) is 0 Å². The summed E-state index contributed by atoms with van der Waals surface area (Å²) in [4.78, 5) is 24.0. The van der Waals surface area contributed by atoms with E-state index in [1.54, 1.807) is 4.90 Å². The summed E-state index contributed by atoms with van der Waals surface area (Å²) in [6, 6.07) is 0.339. The van der Waals surface area contributed by atoms with Crippen molar-refractivity contribution in [1.82, 2.24) is 4.90 Å². The Morgan fingerprint density at radius 2 is 2.13 bits per heavy atom.